The standard InChI is InChI=1S/C19H22N4O2/c1-13-14(2)21-23(19(24)18(13)10-20)12-22(16-6-7-16)11-15-4-8-17(25-3)9-5-15/h4-5,8-9,16H,6-7,11-12H2,1-3H3. The Balaban J connectivity index is 1.84. The van der Waals surface area contributed by atoms with Crippen molar-refractivity contribution in [3.8, 4) is 11.8 Å². The molecule has 0 saturated heterocycles. The van der Waals surface area contributed by atoms with Crippen molar-refractivity contribution in [2.75, 3.05) is 7.11 Å². The van der Waals surface area contributed by atoms with Crippen molar-refractivity contribution in [1.29, 1.82) is 5.26 Å². The zero-order valence-electron chi connectivity index (χ0n) is 14.8. The molecule has 6 heteroatoms. The van der Waals surface area contributed by atoms with Gasteiger partial charge in [0.15, 0.2) is 0 Å². The van der Waals surface area contributed by atoms with Crippen molar-refractivity contribution < 1.29 is 4.74 Å². The Morgan fingerprint density at radius 2 is 2.00 bits per heavy atom. The summed E-state index contributed by atoms with van der Waals surface area (Å²) < 4.78 is 6.61. The van der Waals surface area contributed by atoms with E-state index in [2.05, 4.69) is 10.00 Å². The summed E-state index contributed by atoms with van der Waals surface area (Å²) in [5, 5.41) is 13.7. The van der Waals surface area contributed by atoms with E-state index in [1.807, 2.05) is 37.3 Å². The lowest BCUT2D eigenvalue weighted by molar-refractivity contribution is 0.183. The molecule has 0 aliphatic heterocycles. The largest absolute Gasteiger partial charge is 0.497 e. The normalized spacial score (nSPS) is 13.7. The number of hydrogen-bond donors (Lipinski definition) is 0. The van der Waals surface area contributed by atoms with Gasteiger partial charge in [0.25, 0.3) is 5.56 Å². The van der Waals surface area contributed by atoms with Gasteiger partial charge in [-0.3, -0.25) is 9.69 Å². The van der Waals surface area contributed by atoms with Crippen LogP contribution in [0.4, 0.5) is 0 Å². The summed E-state index contributed by atoms with van der Waals surface area (Å²) in [6.07, 6.45) is 2.25. The predicted molar refractivity (Wildman–Crippen MR) is 94.2 cm³/mol. The molecule has 6 nitrogen and oxygen atoms in total. The Labute approximate surface area is 147 Å². The quantitative estimate of drug-likeness (QED) is 0.808. The van der Waals surface area contributed by atoms with Crippen LogP contribution >= 0.6 is 0 Å². The molecule has 25 heavy (non-hydrogen) atoms. The highest BCUT2D eigenvalue weighted by Crippen LogP contribution is 2.29. The van der Waals surface area contributed by atoms with Crippen LogP contribution in [-0.2, 0) is 13.2 Å². The van der Waals surface area contributed by atoms with Crippen LogP contribution in [0.2, 0.25) is 0 Å². The lowest BCUT2D eigenvalue weighted by Crippen LogP contribution is -2.36. The summed E-state index contributed by atoms with van der Waals surface area (Å²) in [5.74, 6) is 0.826. The minimum Gasteiger partial charge on any atom is -0.497 e. The summed E-state index contributed by atoms with van der Waals surface area (Å²) in [6.45, 7) is 4.72. The number of aryl methyl sites for hydroxylation is 1. The summed E-state index contributed by atoms with van der Waals surface area (Å²) in [7, 11) is 1.65. The number of benzene rings is 1. The highest BCUT2D eigenvalue weighted by atomic mass is 16.5. The Bertz CT molecular complexity index is 861. The Morgan fingerprint density at radius 3 is 2.56 bits per heavy atom. The van der Waals surface area contributed by atoms with Gasteiger partial charge in [-0.1, -0.05) is 12.1 Å². The first-order chi connectivity index (χ1) is 12.0. The molecule has 0 radical (unpaired) electrons. The average Bonchev–Trinajstić information content (AvgIpc) is 3.45. The highest BCUT2D eigenvalue weighted by molar-refractivity contribution is 5.36. The molecule has 1 aliphatic rings. The minimum absolute atomic E-state index is 0.188. The van der Waals surface area contributed by atoms with Gasteiger partial charge < -0.3 is 4.74 Å². The zero-order chi connectivity index (χ0) is 18.0. The number of nitrogens with zero attached hydrogens (tertiary/aromatic N) is 4. The van der Waals surface area contributed by atoms with E-state index in [1.54, 1.807) is 14.0 Å². The average molecular weight is 338 g/mol. The summed E-state index contributed by atoms with van der Waals surface area (Å²) in [5.41, 5.74) is 2.41. The number of methoxy groups -OCH3 is 1. The molecule has 3 rings (SSSR count). The highest BCUT2D eigenvalue weighted by Gasteiger charge is 2.30. The third-order valence-corrected chi connectivity index (χ3v) is 4.67. The van der Waals surface area contributed by atoms with Crippen LogP contribution in [0.15, 0.2) is 29.1 Å². The second-order valence-electron chi connectivity index (χ2n) is 6.47. The van der Waals surface area contributed by atoms with Crippen LogP contribution in [0, 0.1) is 25.2 Å². The molecule has 1 fully saturated rings. The monoisotopic (exact) mass is 338 g/mol. The number of hydrogen-bond acceptors (Lipinski definition) is 5. The van der Waals surface area contributed by atoms with E-state index < -0.39 is 0 Å². The van der Waals surface area contributed by atoms with Gasteiger partial charge in [0.05, 0.1) is 19.5 Å². The number of aromatic nitrogens is 2. The maximum absolute atomic E-state index is 12.5. The van der Waals surface area contributed by atoms with E-state index in [4.69, 9.17) is 4.74 Å². The summed E-state index contributed by atoms with van der Waals surface area (Å²) in [6, 6.07) is 10.4. The number of nitriles is 1. The SMILES string of the molecule is COc1ccc(CN(Cn2nc(C)c(C)c(C#N)c2=O)C2CC2)cc1. The molecule has 1 heterocycles. The molecule has 0 spiro atoms. The molecular formula is C19H22N4O2. The van der Waals surface area contributed by atoms with Gasteiger partial charge in [-0.15, -0.1) is 0 Å². The number of rotatable bonds is 6. The first kappa shape index (κ1) is 17.2. The van der Waals surface area contributed by atoms with E-state index in [0.717, 1.165) is 36.4 Å². The van der Waals surface area contributed by atoms with E-state index >= 15 is 0 Å². The summed E-state index contributed by atoms with van der Waals surface area (Å²) >= 11 is 0. The molecule has 0 bridgehead atoms. The molecule has 2 aromatic rings. The minimum atomic E-state index is -0.314. The van der Waals surface area contributed by atoms with Gasteiger partial charge in [0, 0.05) is 12.6 Å². The van der Waals surface area contributed by atoms with Crippen LogP contribution < -0.4 is 10.3 Å². The Hall–Kier alpha value is -2.65. The molecule has 1 saturated carbocycles. The molecule has 1 aromatic heterocycles. The van der Waals surface area contributed by atoms with Gasteiger partial charge in [0.2, 0.25) is 0 Å². The second-order valence-corrected chi connectivity index (χ2v) is 6.47. The van der Waals surface area contributed by atoms with Crippen molar-refractivity contribution in [1.82, 2.24) is 14.7 Å². The lowest BCUT2D eigenvalue weighted by Gasteiger charge is -2.23. The third kappa shape index (κ3) is 3.72. The molecule has 0 amide bonds. The smallest absolute Gasteiger partial charge is 0.286 e. The predicted octanol–water partition coefficient (Wildman–Crippen LogP) is 2.36. The third-order valence-electron chi connectivity index (χ3n) is 4.67. The van der Waals surface area contributed by atoms with E-state index in [1.165, 1.54) is 4.68 Å². The van der Waals surface area contributed by atoms with E-state index in [0.29, 0.717) is 18.3 Å². The van der Waals surface area contributed by atoms with Crippen molar-refractivity contribution in [3.63, 3.8) is 0 Å². The van der Waals surface area contributed by atoms with Crippen LogP contribution in [0.3, 0.4) is 0 Å². The second kappa shape index (κ2) is 7.08. The Kier molecular flexibility index (Phi) is 4.86. The Morgan fingerprint density at radius 1 is 1.32 bits per heavy atom. The molecule has 0 unspecified atom stereocenters. The van der Waals surface area contributed by atoms with Crippen molar-refractivity contribution in [2.45, 2.75) is 45.9 Å². The fourth-order valence-electron chi connectivity index (χ4n) is 2.87. The summed E-state index contributed by atoms with van der Waals surface area (Å²) in [4.78, 5) is 14.8. The van der Waals surface area contributed by atoms with E-state index in [9.17, 15) is 10.1 Å². The van der Waals surface area contributed by atoms with Gasteiger partial charge in [-0.05, 0) is 49.9 Å². The van der Waals surface area contributed by atoms with Gasteiger partial charge in [0.1, 0.15) is 17.4 Å². The zero-order valence-corrected chi connectivity index (χ0v) is 14.8. The molecule has 1 aliphatic carbocycles. The van der Waals surface area contributed by atoms with Crippen LogP contribution in [0.1, 0.15) is 35.2 Å². The maximum atomic E-state index is 12.5. The van der Waals surface area contributed by atoms with Crippen LogP contribution in [-0.4, -0.2) is 27.8 Å². The van der Waals surface area contributed by atoms with Gasteiger partial charge in [-0.25, -0.2) is 4.68 Å². The van der Waals surface area contributed by atoms with Gasteiger partial charge >= 0.3 is 0 Å². The molecule has 130 valence electrons. The fraction of sp³-hybridized carbons (Fsp3) is 0.421. The molecule has 0 atom stereocenters. The van der Waals surface area contributed by atoms with E-state index in [-0.39, 0.29) is 11.1 Å². The molecule has 0 N–H and O–H groups in total. The maximum Gasteiger partial charge on any atom is 0.286 e. The fourth-order valence-corrected chi connectivity index (χ4v) is 2.87. The molecule has 1 aromatic carbocycles. The van der Waals surface area contributed by atoms with Crippen molar-refractivity contribution >= 4 is 0 Å². The van der Waals surface area contributed by atoms with Crippen molar-refractivity contribution in [3.05, 3.63) is 57.0 Å². The van der Waals surface area contributed by atoms with Crippen LogP contribution in [0.5, 0.6) is 5.75 Å². The number of ether oxygens (including phenoxy) is 1. The first-order valence-electron chi connectivity index (χ1n) is 8.39. The lowest BCUT2D eigenvalue weighted by atomic mass is 10.1. The molecular weight excluding hydrogens is 316 g/mol. The van der Waals surface area contributed by atoms with Crippen molar-refractivity contribution in [2.24, 2.45) is 0 Å². The van der Waals surface area contributed by atoms with Gasteiger partial charge in [-0.2, -0.15) is 10.4 Å². The topological polar surface area (TPSA) is 71.2 Å². The van der Waals surface area contributed by atoms with Crippen LogP contribution in [0.25, 0.3) is 0 Å². The first-order valence-corrected chi connectivity index (χ1v) is 8.39.